The van der Waals surface area contributed by atoms with E-state index in [1.165, 1.54) is 0 Å². The third-order valence-electron chi connectivity index (χ3n) is 2.91. The highest BCUT2D eigenvalue weighted by atomic mass is 35.5. The number of thioether (sulfide) groups is 1. The quantitative estimate of drug-likeness (QED) is 0.739. The largest absolute Gasteiger partial charge is 0.326 e. The standard InChI is InChI=1S/C11H9ClN2OS2/c12-7-1-3-8(4-2-7)14-10(15)9-5-17-6-13(9)11(14)16/h1-4,9H,5-6H2/t9-/m0/s1. The van der Waals surface area contributed by atoms with E-state index in [4.69, 9.17) is 23.8 Å². The Hall–Kier alpha value is -0.780. The molecular weight excluding hydrogens is 276 g/mol. The molecule has 2 fully saturated rings. The van der Waals surface area contributed by atoms with Gasteiger partial charge in [0.2, 0.25) is 0 Å². The van der Waals surface area contributed by atoms with Gasteiger partial charge < -0.3 is 4.90 Å². The first-order valence-corrected chi connectivity index (χ1v) is 7.10. The fraction of sp³-hybridized carbons (Fsp3) is 0.273. The smallest absolute Gasteiger partial charge is 0.256 e. The third kappa shape index (κ3) is 1.73. The molecule has 1 atom stereocenters. The van der Waals surface area contributed by atoms with E-state index in [2.05, 4.69) is 0 Å². The molecule has 3 nitrogen and oxygen atoms in total. The van der Waals surface area contributed by atoms with Crippen LogP contribution in [0.2, 0.25) is 5.02 Å². The first-order valence-electron chi connectivity index (χ1n) is 5.16. The highest BCUT2D eigenvalue weighted by molar-refractivity contribution is 7.99. The Balaban J connectivity index is 1.96. The monoisotopic (exact) mass is 284 g/mol. The van der Waals surface area contributed by atoms with Crippen LogP contribution in [0.5, 0.6) is 0 Å². The molecule has 2 saturated heterocycles. The van der Waals surface area contributed by atoms with Crippen molar-refractivity contribution in [2.75, 3.05) is 16.5 Å². The second-order valence-electron chi connectivity index (χ2n) is 3.92. The minimum Gasteiger partial charge on any atom is -0.326 e. The molecule has 2 aliphatic heterocycles. The summed E-state index contributed by atoms with van der Waals surface area (Å²) in [5.74, 6) is 1.70. The van der Waals surface area contributed by atoms with Crippen molar-refractivity contribution in [1.82, 2.24) is 4.90 Å². The number of thiocarbonyl (C=S) groups is 1. The number of carbonyl (C=O) groups excluding carboxylic acids is 1. The van der Waals surface area contributed by atoms with Crippen molar-refractivity contribution in [3.05, 3.63) is 29.3 Å². The highest BCUT2D eigenvalue weighted by Crippen LogP contribution is 2.33. The first-order chi connectivity index (χ1) is 8.18. The van der Waals surface area contributed by atoms with Gasteiger partial charge in [0.1, 0.15) is 6.04 Å². The number of hydrogen-bond acceptors (Lipinski definition) is 3. The van der Waals surface area contributed by atoms with Gasteiger partial charge in [-0.1, -0.05) is 11.6 Å². The van der Waals surface area contributed by atoms with Crippen molar-refractivity contribution >= 4 is 52.3 Å². The molecule has 2 aliphatic rings. The van der Waals surface area contributed by atoms with Crippen LogP contribution in [0.3, 0.4) is 0 Å². The molecule has 0 aromatic heterocycles. The Morgan fingerprint density at radius 2 is 2.06 bits per heavy atom. The van der Waals surface area contributed by atoms with Crippen LogP contribution in [0.4, 0.5) is 5.69 Å². The zero-order valence-electron chi connectivity index (χ0n) is 8.80. The topological polar surface area (TPSA) is 23.6 Å². The van der Waals surface area contributed by atoms with Gasteiger partial charge in [-0.3, -0.25) is 9.69 Å². The van der Waals surface area contributed by atoms with Gasteiger partial charge in [-0.2, -0.15) is 0 Å². The van der Waals surface area contributed by atoms with Crippen molar-refractivity contribution in [3.63, 3.8) is 0 Å². The number of fused-ring (bicyclic) bond motifs is 1. The van der Waals surface area contributed by atoms with E-state index in [1.807, 2.05) is 17.0 Å². The minimum atomic E-state index is -0.0804. The summed E-state index contributed by atoms with van der Waals surface area (Å²) in [5, 5.41) is 1.26. The van der Waals surface area contributed by atoms with Gasteiger partial charge in [0.15, 0.2) is 5.11 Å². The van der Waals surface area contributed by atoms with Gasteiger partial charge in [-0.25, -0.2) is 0 Å². The van der Waals surface area contributed by atoms with E-state index in [0.717, 1.165) is 17.3 Å². The van der Waals surface area contributed by atoms with Crippen LogP contribution in [-0.2, 0) is 4.79 Å². The number of carbonyl (C=O) groups is 1. The van der Waals surface area contributed by atoms with E-state index in [1.54, 1.807) is 28.8 Å². The van der Waals surface area contributed by atoms with Crippen molar-refractivity contribution in [2.24, 2.45) is 0 Å². The Bertz CT molecular complexity index is 469. The van der Waals surface area contributed by atoms with Crippen LogP contribution in [0, 0.1) is 0 Å². The number of hydrogen-bond donors (Lipinski definition) is 0. The van der Waals surface area contributed by atoms with Gasteiger partial charge in [0, 0.05) is 10.8 Å². The highest BCUT2D eigenvalue weighted by Gasteiger charge is 2.45. The number of anilines is 1. The summed E-state index contributed by atoms with van der Waals surface area (Å²) in [5.41, 5.74) is 0.795. The number of halogens is 1. The molecule has 0 bridgehead atoms. The Kier molecular flexibility index (Phi) is 2.77. The fourth-order valence-corrected chi connectivity index (χ4v) is 3.78. The van der Waals surface area contributed by atoms with E-state index < -0.39 is 0 Å². The molecule has 0 saturated carbocycles. The van der Waals surface area contributed by atoms with Crippen molar-refractivity contribution in [3.8, 4) is 0 Å². The second-order valence-corrected chi connectivity index (χ2v) is 5.72. The van der Waals surface area contributed by atoms with Crippen molar-refractivity contribution < 1.29 is 4.79 Å². The van der Waals surface area contributed by atoms with Gasteiger partial charge in [0.05, 0.1) is 11.6 Å². The maximum Gasteiger partial charge on any atom is 0.256 e. The summed E-state index contributed by atoms with van der Waals surface area (Å²) in [6, 6.07) is 7.10. The molecule has 1 amide bonds. The Labute approximate surface area is 114 Å². The van der Waals surface area contributed by atoms with Gasteiger partial charge in [0.25, 0.3) is 5.91 Å². The summed E-state index contributed by atoms with van der Waals surface area (Å²) in [7, 11) is 0. The van der Waals surface area contributed by atoms with Crippen LogP contribution in [-0.4, -0.2) is 33.6 Å². The van der Waals surface area contributed by atoms with Gasteiger partial charge in [-0.05, 0) is 36.5 Å². The molecule has 2 heterocycles. The maximum atomic E-state index is 12.2. The van der Waals surface area contributed by atoms with Gasteiger partial charge >= 0.3 is 0 Å². The first kappa shape index (κ1) is 11.3. The summed E-state index contributed by atoms with van der Waals surface area (Å²) in [6.45, 7) is 0. The van der Waals surface area contributed by atoms with Gasteiger partial charge in [-0.15, -0.1) is 11.8 Å². The minimum absolute atomic E-state index is 0.0716. The van der Waals surface area contributed by atoms with Crippen LogP contribution in [0.15, 0.2) is 24.3 Å². The molecule has 3 rings (SSSR count). The average Bonchev–Trinajstić information content (AvgIpc) is 2.87. The van der Waals surface area contributed by atoms with Crippen molar-refractivity contribution in [1.29, 1.82) is 0 Å². The summed E-state index contributed by atoms with van der Waals surface area (Å²) < 4.78 is 0. The molecular formula is C11H9ClN2OS2. The molecule has 0 radical (unpaired) electrons. The zero-order valence-corrected chi connectivity index (χ0v) is 11.2. The van der Waals surface area contributed by atoms with Crippen LogP contribution >= 0.6 is 35.6 Å². The molecule has 0 N–H and O–H groups in total. The predicted molar refractivity (Wildman–Crippen MR) is 74.5 cm³/mol. The lowest BCUT2D eigenvalue weighted by Crippen LogP contribution is -2.32. The maximum absolute atomic E-state index is 12.2. The molecule has 0 spiro atoms. The molecule has 1 aromatic carbocycles. The van der Waals surface area contributed by atoms with E-state index >= 15 is 0 Å². The van der Waals surface area contributed by atoms with E-state index in [-0.39, 0.29) is 11.9 Å². The second kappa shape index (κ2) is 4.15. The SMILES string of the molecule is O=C1[C@@H]2CSCN2C(=S)N1c1ccc(Cl)cc1. The lowest BCUT2D eigenvalue weighted by atomic mass is 10.2. The Morgan fingerprint density at radius 3 is 2.71 bits per heavy atom. The van der Waals surface area contributed by atoms with Crippen molar-refractivity contribution in [2.45, 2.75) is 6.04 Å². The summed E-state index contributed by atoms with van der Waals surface area (Å²) in [6.07, 6.45) is 0. The van der Waals surface area contributed by atoms with Crippen LogP contribution < -0.4 is 4.90 Å². The number of amides is 1. The number of rotatable bonds is 1. The third-order valence-corrected chi connectivity index (χ3v) is 4.59. The fourth-order valence-electron chi connectivity index (χ4n) is 2.04. The molecule has 0 aliphatic carbocycles. The molecule has 88 valence electrons. The Morgan fingerprint density at radius 1 is 1.35 bits per heavy atom. The molecule has 0 unspecified atom stereocenters. The van der Waals surface area contributed by atoms with Crippen LogP contribution in [0.1, 0.15) is 0 Å². The number of nitrogens with zero attached hydrogens (tertiary/aromatic N) is 2. The molecule has 6 heteroatoms. The average molecular weight is 285 g/mol. The molecule has 1 aromatic rings. The van der Waals surface area contributed by atoms with E-state index in [9.17, 15) is 4.79 Å². The predicted octanol–water partition coefficient (Wildman–Crippen LogP) is 2.35. The summed E-state index contributed by atoms with van der Waals surface area (Å²) >= 11 is 12.9. The van der Waals surface area contributed by atoms with E-state index in [0.29, 0.717) is 10.1 Å². The van der Waals surface area contributed by atoms with Crippen LogP contribution in [0.25, 0.3) is 0 Å². The normalized spacial score (nSPS) is 23.5. The summed E-state index contributed by atoms with van der Waals surface area (Å²) in [4.78, 5) is 15.8. The zero-order chi connectivity index (χ0) is 12.0. The lowest BCUT2D eigenvalue weighted by Gasteiger charge is -2.18. The lowest BCUT2D eigenvalue weighted by molar-refractivity contribution is -0.118. The number of benzene rings is 1. The molecule has 17 heavy (non-hydrogen) atoms.